The van der Waals surface area contributed by atoms with E-state index < -0.39 is 6.10 Å². The number of aliphatic hydroxyl groups excluding tert-OH is 1. The largest absolute Gasteiger partial charge is 0.392 e. The van der Waals surface area contributed by atoms with Crippen molar-refractivity contribution < 1.29 is 5.11 Å². The van der Waals surface area contributed by atoms with Gasteiger partial charge in [-0.3, -0.25) is 0 Å². The van der Waals surface area contributed by atoms with Gasteiger partial charge < -0.3 is 10.0 Å². The lowest BCUT2D eigenvalue weighted by atomic mass is 10.1. The van der Waals surface area contributed by atoms with Crippen LogP contribution in [0.2, 0.25) is 0 Å². The fourth-order valence-electron chi connectivity index (χ4n) is 1.41. The van der Waals surface area contributed by atoms with Crippen LogP contribution in [0.3, 0.4) is 0 Å². The molecule has 0 saturated carbocycles. The molecule has 4 heteroatoms. The molecule has 0 heterocycles. The van der Waals surface area contributed by atoms with Crippen molar-refractivity contribution in [2.75, 3.05) is 18.5 Å². The molecule has 0 spiro atoms. The lowest BCUT2D eigenvalue weighted by molar-refractivity contribution is 0.201. The fourth-order valence-corrected chi connectivity index (χ4v) is 1.76. The Kier molecular flexibility index (Phi) is 4.13. The molecule has 1 aromatic carbocycles. The van der Waals surface area contributed by atoms with Crippen molar-refractivity contribution in [3.05, 3.63) is 28.2 Å². The zero-order valence-electron chi connectivity index (χ0n) is 8.74. The fraction of sp³-hybridized carbons (Fsp3) is 0.364. The SMILES string of the molecule is CC(O)CN(C)c1cc(Br)ccc1C#N. The number of halogens is 1. The summed E-state index contributed by atoms with van der Waals surface area (Å²) in [5.41, 5.74) is 1.44. The Bertz CT molecular complexity index is 385. The van der Waals surface area contributed by atoms with Crippen LogP contribution in [0.25, 0.3) is 0 Å². The molecule has 0 aliphatic heterocycles. The molecule has 15 heavy (non-hydrogen) atoms. The van der Waals surface area contributed by atoms with E-state index in [-0.39, 0.29) is 0 Å². The molecule has 1 aromatic rings. The van der Waals surface area contributed by atoms with Gasteiger partial charge in [-0.1, -0.05) is 15.9 Å². The lowest BCUT2D eigenvalue weighted by Gasteiger charge is -2.22. The third kappa shape index (κ3) is 3.22. The second-order valence-corrected chi connectivity index (χ2v) is 4.42. The number of nitrogens with zero attached hydrogens (tertiary/aromatic N) is 2. The average Bonchev–Trinajstić information content (AvgIpc) is 2.16. The van der Waals surface area contributed by atoms with Crippen molar-refractivity contribution in [2.45, 2.75) is 13.0 Å². The number of nitriles is 1. The van der Waals surface area contributed by atoms with Crippen LogP contribution in [0.4, 0.5) is 5.69 Å². The highest BCUT2D eigenvalue weighted by atomic mass is 79.9. The van der Waals surface area contributed by atoms with E-state index in [2.05, 4.69) is 22.0 Å². The summed E-state index contributed by atoms with van der Waals surface area (Å²) >= 11 is 3.36. The van der Waals surface area contributed by atoms with Gasteiger partial charge in [-0.2, -0.15) is 5.26 Å². The van der Waals surface area contributed by atoms with E-state index >= 15 is 0 Å². The van der Waals surface area contributed by atoms with E-state index in [1.54, 1.807) is 13.0 Å². The maximum absolute atomic E-state index is 9.28. The molecular weight excluding hydrogens is 256 g/mol. The van der Waals surface area contributed by atoms with Crippen molar-refractivity contribution in [2.24, 2.45) is 0 Å². The first kappa shape index (κ1) is 12.0. The number of rotatable bonds is 3. The van der Waals surface area contributed by atoms with Crippen LogP contribution in [0.5, 0.6) is 0 Å². The summed E-state index contributed by atoms with van der Waals surface area (Å²) in [5, 5.41) is 18.2. The summed E-state index contributed by atoms with van der Waals surface area (Å²) in [6, 6.07) is 7.60. The number of hydrogen-bond acceptors (Lipinski definition) is 3. The predicted molar refractivity (Wildman–Crippen MR) is 63.8 cm³/mol. The summed E-state index contributed by atoms with van der Waals surface area (Å²) in [4.78, 5) is 1.87. The highest BCUT2D eigenvalue weighted by molar-refractivity contribution is 9.10. The van der Waals surface area contributed by atoms with E-state index in [4.69, 9.17) is 5.26 Å². The first-order valence-corrected chi connectivity index (χ1v) is 5.42. The quantitative estimate of drug-likeness (QED) is 0.914. The van der Waals surface area contributed by atoms with Crippen molar-refractivity contribution in [1.82, 2.24) is 0 Å². The molecular formula is C11H13BrN2O. The molecule has 0 saturated heterocycles. The van der Waals surface area contributed by atoms with Gasteiger partial charge in [-0.05, 0) is 25.1 Å². The summed E-state index contributed by atoms with van der Waals surface area (Å²) in [5.74, 6) is 0. The van der Waals surface area contributed by atoms with E-state index in [0.29, 0.717) is 12.1 Å². The van der Waals surface area contributed by atoms with E-state index in [0.717, 1.165) is 10.2 Å². The molecule has 0 fully saturated rings. The van der Waals surface area contributed by atoms with Crippen LogP contribution >= 0.6 is 15.9 Å². The van der Waals surface area contributed by atoms with Crippen LogP contribution in [-0.2, 0) is 0 Å². The number of aliphatic hydroxyl groups is 1. The normalized spacial score (nSPS) is 11.9. The topological polar surface area (TPSA) is 47.3 Å². The minimum atomic E-state index is -0.416. The zero-order chi connectivity index (χ0) is 11.4. The van der Waals surface area contributed by atoms with Crippen molar-refractivity contribution in [3.63, 3.8) is 0 Å². The minimum absolute atomic E-state index is 0.416. The first-order valence-electron chi connectivity index (χ1n) is 4.63. The molecule has 0 radical (unpaired) electrons. The molecule has 80 valence electrons. The van der Waals surface area contributed by atoms with Gasteiger partial charge in [0.1, 0.15) is 6.07 Å². The Morgan fingerprint density at radius 3 is 2.80 bits per heavy atom. The Balaban J connectivity index is 3.01. The minimum Gasteiger partial charge on any atom is -0.392 e. The Labute approximate surface area is 98.1 Å². The highest BCUT2D eigenvalue weighted by Crippen LogP contribution is 2.23. The molecule has 0 aliphatic carbocycles. The highest BCUT2D eigenvalue weighted by Gasteiger charge is 2.09. The van der Waals surface area contributed by atoms with Crippen LogP contribution in [0.15, 0.2) is 22.7 Å². The molecule has 3 nitrogen and oxygen atoms in total. The third-order valence-electron chi connectivity index (χ3n) is 2.03. The van der Waals surface area contributed by atoms with E-state index in [9.17, 15) is 5.11 Å². The van der Waals surface area contributed by atoms with Crippen LogP contribution in [-0.4, -0.2) is 24.8 Å². The van der Waals surface area contributed by atoms with Crippen LogP contribution in [0, 0.1) is 11.3 Å². The molecule has 0 aromatic heterocycles. The lowest BCUT2D eigenvalue weighted by Crippen LogP contribution is -2.27. The van der Waals surface area contributed by atoms with Crippen molar-refractivity contribution in [3.8, 4) is 6.07 Å². The second kappa shape index (κ2) is 5.15. The van der Waals surface area contributed by atoms with Gasteiger partial charge in [0.05, 0.1) is 17.4 Å². The van der Waals surface area contributed by atoms with Gasteiger partial charge in [-0.15, -0.1) is 0 Å². The zero-order valence-corrected chi connectivity index (χ0v) is 10.3. The average molecular weight is 269 g/mol. The molecule has 0 amide bonds. The van der Waals surface area contributed by atoms with Crippen LogP contribution < -0.4 is 4.90 Å². The summed E-state index contributed by atoms with van der Waals surface area (Å²) in [6.45, 7) is 2.23. The Morgan fingerprint density at radius 2 is 2.27 bits per heavy atom. The monoisotopic (exact) mass is 268 g/mol. The van der Waals surface area contributed by atoms with Gasteiger partial charge in [0, 0.05) is 18.1 Å². The van der Waals surface area contributed by atoms with Crippen molar-refractivity contribution in [1.29, 1.82) is 5.26 Å². The third-order valence-corrected chi connectivity index (χ3v) is 2.52. The van der Waals surface area contributed by atoms with Gasteiger partial charge in [0.25, 0.3) is 0 Å². The van der Waals surface area contributed by atoms with E-state index in [1.165, 1.54) is 0 Å². The van der Waals surface area contributed by atoms with Crippen molar-refractivity contribution >= 4 is 21.6 Å². The maximum Gasteiger partial charge on any atom is 0.101 e. The standard InChI is InChI=1S/C11H13BrN2O/c1-8(15)7-14(2)11-5-10(12)4-3-9(11)6-13/h3-5,8,15H,7H2,1-2H3. The number of likely N-dealkylation sites (N-methyl/N-ethyl adjacent to an activating group) is 1. The summed E-state index contributed by atoms with van der Waals surface area (Å²) < 4.78 is 0.925. The number of benzene rings is 1. The van der Waals surface area contributed by atoms with Crippen LogP contribution in [0.1, 0.15) is 12.5 Å². The van der Waals surface area contributed by atoms with Gasteiger partial charge in [0.2, 0.25) is 0 Å². The Morgan fingerprint density at radius 1 is 1.60 bits per heavy atom. The second-order valence-electron chi connectivity index (χ2n) is 3.50. The smallest absolute Gasteiger partial charge is 0.101 e. The van der Waals surface area contributed by atoms with Gasteiger partial charge in [0.15, 0.2) is 0 Å². The summed E-state index contributed by atoms with van der Waals surface area (Å²) in [7, 11) is 1.86. The predicted octanol–water partition coefficient (Wildman–Crippen LogP) is 2.14. The molecule has 1 unspecified atom stereocenters. The molecule has 1 N–H and O–H groups in total. The first-order chi connectivity index (χ1) is 7.04. The number of hydrogen-bond donors (Lipinski definition) is 1. The molecule has 1 atom stereocenters. The maximum atomic E-state index is 9.28. The van der Waals surface area contributed by atoms with Gasteiger partial charge in [-0.25, -0.2) is 0 Å². The molecule has 0 bridgehead atoms. The Hall–Kier alpha value is -1.05. The molecule has 1 rings (SSSR count). The van der Waals surface area contributed by atoms with E-state index in [1.807, 2.05) is 24.1 Å². The molecule has 0 aliphatic rings. The van der Waals surface area contributed by atoms with Gasteiger partial charge >= 0.3 is 0 Å². The summed E-state index contributed by atoms with van der Waals surface area (Å²) in [6.07, 6.45) is -0.416. The number of anilines is 1.